The number of benzene rings is 2. The van der Waals surface area contributed by atoms with Gasteiger partial charge in [-0.15, -0.1) is 13.2 Å². The molecule has 2 aliphatic rings. The molecule has 184 valence electrons. The summed E-state index contributed by atoms with van der Waals surface area (Å²) >= 11 is 0. The normalized spacial score (nSPS) is 24.7. The van der Waals surface area contributed by atoms with Crippen LogP contribution in [-0.2, 0) is 6.42 Å². The summed E-state index contributed by atoms with van der Waals surface area (Å²) in [5.41, 5.74) is 1.31. The maximum absolute atomic E-state index is 14.6. The molecule has 0 N–H and O–H groups in total. The van der Waals surface area contributed by atoms with Crippen molar-refractivity contribution < 1.29 is 35.5 Å². The molecule has 0 aliphatic heterocycles. The van der Waals surface area contributed by atoms with Crippen molar-refractivity contribution in [2.24, 2.45) is 11.8 Å². The van der Waals surface area contributed by atoms with Crippen LogP contribution in [0.2, 0.25) is 0 Å². The fourth-order valence-electron chi connectivity index (χ4n) is 5.99. The Labute approximate surface area is 193 Å². The largest absolute Gasteiger partial charge is 0.573 e. The van der Waals surface area contributed by atoms with Crippen molar-refractivity contribution >= 4 is 0 Å². The lowest BCUT2D eigenvalue weighted by Gasteiger charge is -2.47. The van der Waals surface area contributed by atoms with Gasteiger partial charge in [0.15, 0.2) is 11.6 Å². The van der Waals surface area contributed by atoms with Crippen LogP contribution in [0.4, 0.5) is 30.7 Å². The average Bonchev–Trinajstić information content (AvgIpc) is 2.75. The summed E-state index contributed by atoms with van der Waals surface area (Å²) in [6, 6.07) is 4.04. The van der Waals surface area contributed by atoms with Crippen molar-refractivity contribution in [2.45, 2.75) is 63.6 Å². The SMILES string of the molecule is C/C=C/CC[C@@H]1CC[C@H]2c3cc(F)cc(F)c3CC[C@@H]2[C@H]1c1cc(F)c(OC(F)(F)F)c(F)c1. The second kappa shape index (κ2) is 9.62. The molecule has 0 bridgehead atoms. The Kier molecular flexibility index (Phi) is 6.97. The third kappa shape index (κ3) is 4.96. The molecule has 1 nitrogen and oxygen atoms in total. The first kappa shape index (κ1) is 24.6. The number of alkyl halides is 3. The number of halogens is 7. The number of ether oxygens (including phenoxy) is 1. The summed E-state index contributed by atoms with van der Waals surface area (Å²) in [5, 5.41) is 0. The van der Waals surface area contributed by atoms with Gasteiger partial charge in [-0.2, -0.15) is 0 Å². The molecule has 8 heteroatoms. The topological polar surface area (TPSA) is 9.23 Å². The summed E-state index contributed by atoms with van der Waals surface area (Å²) in [5.74, 6) is -6.28. The molecule has 1 saturated carbocycles. The fraction of sp³-hybridized carbons (Fsp3) is 0.462. The number of hydrogen-bond acceptors (Lipinski definition) is 1. The minimum atomic E-state index is -5.23. The van der Waals surface area contributed by atoms with Crippen molar-refractivity contribution in [3.8, 4) is 5.75 Å². The van der Waals surface area contributed by atoms with Gasteiger partial charge in [0.05, 0.1) is 0 Å². The van der Waals surface area contributed by atoms with Crippen molar-refractivity contribution in [1.29, 1.82) is 0 Å². The molecule has 4 rings (SSSR count). The molecule has 2 aliphatic carbocycles. The van der Waals surface area contributed by atoms with Gasteiger partial charge < -0.3 is 4.74 Å². The predicted octanol–water partition coefficient (Wildman–Crippen LogP) is 8.34. The number of hydrogen-bond donors (Lipinski definition) is 0. The van der Waals surface area contributed by atoms with Gasteiger partial charge in [-0.25, -0.2) is 17.6 Å². The highest BCUT2D eigenvalue weighted by atomic mass is 19.4. The molecule has 0 amide bonds. The molecule has 0 heterocycles. The van der Waals surface area contributed by atoms with Crippen LogP contribution >= 0.6 is 0 Å². The van der Waals surface area contributed by atoms with Gasteiger partial charge in [0.1, 0.15) is 11.6 Å². The summed E-state index contributed by atoms with van der Waals surface area (Å²) in [4.78, 5) is 0. The molecule has 0 unspecified atom stereocenters. The van der Waals surface area contributed by atoms with Gasteiger partial charge in [0.2, 0.25) is 5.75 Å². The van der Waals surface area contributed by atoms with Crippen molar-refractivity contribution in [3.63, 3.8) is 0 Å². The minimum Gasteiger partial charge on any atom is -0.399 e. The Balaban J connectivity index is 1.75. The molecular formula is C26H25F7O. The lowest BCUT2D eigenvalue weighted by molar-refractivity contribution is -0.276. The van der Waals surface area contributed by atoms with E-state index >= 15 is 0 Å². The Morgan fingerprint density at radius 2 is 1.65 bits per heavy atom. The molecule has 34 heavy (non-hydrogen) atoms. The van der Waals surface area contributed by atoms with E-state index in [0.717, 1.165) is 31.0 Å². The molecule has 2 aromatic rings. The van der Waals surface area contributed by atoms with Gasteiger partial charge >= 0.3 is 6.36 Å². The van der Waals surface area contributed by atoms with Gasteiger partial charge in [-0.1, -0.05) is 12.2 Å². The Morgan fingerprint density at radius 1 is 0.941 bits per heavy atom. The van der Waals surface area contributed by atoms with E-state index < -0.39 is 35.4 Å². The van der Waals surface area contributed by atoms with Gasteiger partial charge in [0, 0.05) is 6.07 Å². The van der Waals surface area contributed by atoms with Crippen LogP contribution in [0.25, 0.3) is 0 Å². The standard InChI is InChI=1S/C26H25F7O/c1-2-3-4-5-14-6-7-17-19(9-8-18-20(17)12-16(27)13-21(18)28)24(14)15-10-22(29)25(23(30)11-15)34-26(31,32)33/h2-3,10-14,17,19,24H,4-9H2,1H3/b3-2+/t14-,17-,19+,24-/m1/s1. The van der Waals surface area contributed by atoms with Crippen LogP contribution in [0.15, 0.2) is 36.4 Å². The smallest absolute Gasteiger partial charge is 0.399 e. The Bertz CT molecular complexity index is 1050. The summed E-state index contributed by atoms with van der Waals surface area (Å²) < 4.78 is 99.1. The maximum atomic E-state index is 14.6. The number of fused-ring (bicyclic) bond motifs is 3. The van der Waals surface area contributed by atoms with Gasteiger partial charge in [-0.05, 0) is 104 Å². The van der Waals surface area contributed by atoms with Gasteiger partial charge in [-0.3, -0.25) is 0 Å². The molecule has 2 aromatic carbocycles. The van der Waals surface area contributed by atoms with Gasteiger partial charge in [0.25, 0.3) is 0 Å². The monoisotopic (exact) mass is 486 g/mol. The number of allylic oxidation sites excluding steroid dienone is 2. The first-order valence-corrected chi connectivity index (χ1v) is 11.4. The summed E-state index contributed by atoms with van der Waals surface area (Å²) in [7, 11) is 0. The van der Waals surface area contributed by atoms with E-state index in [2.05, 4.69) is 4.74 Å². The van der Waals surface area contributed by atoms with E-state index in [4.69, 9.17) is 0 Å². The van der Waals surface area contributed by atoms with E-state index in [1.807, 2.05) is 19.1 Å². The molecular weight excluding hydrogens is 461 g/mol. The third-order valence-corrected chi connectivity index (χ3v) is 7.22. The highest BCUT2D eigenvalue weighted by Crippen LogP contribution is 2.55. The number of rotatable bonds is 5. The summed E-state index contributed by atoms with van der Waals surface area (Å²) in [6.07, 6.45) is 2.40. The van der Waals surface area contributed by atoms with Crippen LogP contribution < -0.4 is 4.74 Å². The van der Waals surface area contributed by atoms with Crippen LogP contribution in [0, 0.1) is 35.1 Å². The van der Waals surface area contributed by atoms with Crippen LogP contribution in [0.5, 0.6) is 5.75 Å². The lowest BCUT2D eigenvalue weighted by atomic mass is 9.57. The Morgan fingerprint density at radius 3 is 2.29 bits per heavy atom. The van der Waals surface area contributed by atoms with Crippen molar-refractivity contribution in [1.82, 2.24) is 0 Å². The van der Waals surface area contributed by atoms with E-state index in [9.17, 15) is 30.7 Å². The zero-order valence-electron chi connectivity index (χ0n) is 18.6. The van der Waals surface area contributed by atoms with Crippen molar-refractivity contribution in [2.75, 3.05) is 0 Å². The van der Waals surface area contributed by atoms with E-state index in [1.54, 1.807) is 0 Å². The van der Waals surface area contributed by atoms with Crippen LogP contribution in [-0.4, -0.2) is 6.36 Å². The Hall–Kier alpha value is -2.51. The van der Waals surface area contributed by atoms with Crippen LogP contribution in [0.1, 0.15) is 67.6 Å². The summed E-state index contributed by atoms with van der Waals surface area (Å²) in [6.45, 7) is 1.89. The quantitative estimate of drug-likeness (QED) is 0.305. The molecule has 0 aromatic heterocycles. The lowest BCUT2D eigenvalue weighted by Crippen LogP contribution is -2.35. The fourth-order valence-corrected chi connectivity index (χ4v) is 5.99. The third-order valence-electron chi connectivity index (χ3n) is 7.22. The van der Waals surface area contributed by atoms with E-state index in [-0.39, 0.29) is 29.2 Å². The van der Waals surface area contributed by atoms with Crippen LogP contribution in [0.3, 0.4) is 0 Å². The highest BCUT2D eigenvalue weighted by molar-refractivity contribution is 5.39. The molecule has 4 atom stereocenters. The minimum absolute atomic E-state index is 0.0191. The maximum Gasteiger partial charge on any atom is 0.573 e. The first-order chi connectivity index (χ1) is 16.1. The van der Waals surface area contributed by atoms with E-state index in [1.165, 1.54) is 6.07 Å². The first-order valence-electron chi connectivity index (χ1n) is 11.4. The zero-order chi connectivity index (χ0) is 24.6. The second-order valence-corrected chi connectivity index (χ2v) is 9.14. The molecule has 0 radical (unpaired) electrons. The molecule has 1 fully saturated rings. The predicted molar refractivity (Wildman–Crippen MR) is 113 cm³/mol. The molecule has 0 saturated heterocycles. The van der Waals surface area contributed by atoms with E-state index in [0.29, 0.717) is 36.8 Å². The zero-order valence-corrected chi connectivity index (χ0v) is 18.6. The second-order valence-electron chi connectivity index (χ2n) is 9.14. The average molecular weight is 486 g/mol. The highest BCUT2D eigenvalue weighted by Gasteiger charge is 2.44. The molecule has 0 spiro atoms. The van der Waals surface area contributed by atoms with Crippen molar-refractivity contribution in [3.05, 3.63) is 76.4 Å².